The Morgan fingerprint density at radius 3 is 2.76 bits per heavy atom. The summed E-state index contributed by atoms with van der Waals surface area (Å²) in [5.41, 5.74) is 0. The minimum absolute atomic E-state index is 0.0371. The maximum absolute atomic E-state index is 10.8. The van der Waals surface area contributed by atoms with E-state index in [9.17, 15) is 13.2 Å². The summed E-state index contributed by atoms with van der Waals surface area (Å²) in [6.07, 6.45) is 0.860. The predicted octanol–water partition coefficient (Wildman–Crippen LogP) is 1.67. The molecule has 0 fully saturated rings. The highest BCUT2D eigenvalue weighted by Crippen LogP contribution is 2.30. The largest absolute Gasteiger partial charge is 0.357 e. The van der Waals surface area contributed by atoms with Gasteiger partial charge in [-0.1, -0.05) is 11.6 Å². The molecule has 0 aromatic carbocycles. The van der Waals surface area contributed by atoms with Crippen LogP contribution in [-0.2, 0) is 20.7 Å². The molecule has 96 valence electrons. The molecule has 0 unspecified atom stereocenters. The highest BCUT2D eigenvalue weighted by molar-refractivity contribution is 7.99. The van der Waals surface area contributed by atoms with E-state index in [4.69, 9.17) is 27.7 Å². The average Bonchev–Trinajstić information content (AvgIpc) is 2.47. The first-order chi connectivity index (χ1) is 7.79. The smallest absolute Gasteiger partial charge is 0.307 e. The van der Waals surface area contributed by atoms with Crippen LogP contribution in [0.15, 0.2) is 4.52 Å². The van der Waals surface area contributed by atoms with Crippen LogP contribution in [0.25, 0.3) is 0 Å². The summed E-state index contributed by atoms with van der Waals surface area (Å²) >= 11 is 12.1. The van der Waals surface area contributed by atoms with Crippen LogP contribution in [0.4, 0.5) is 0 Å². The van der Waals surface area contributed by atoms with Gasteiger partial charge in [0, 0.05) is 0 Å². The standard InChI is InChI=1S/C7H7Cl2NO5S2/c1-17(12,13)15-7-6(9)4(14-10-7)2-16-3-5(8)11/h2-3H2,1H3. The summed E-state index contributed by atoms with van der Waals surface area (Å²) in [7, 11) is -3.71. The maximum atomic E-state index is 10.8. The van der Waals surface area contributed by atoms with Crippen molar-refractivity contribution in [2.75, 3.05) is 12.0 Å². The van der Waals surface area contributed by atoms with Gasteiger partial charge < -0.3 is 8.71 Å². The van der Waals surface area contributed by atoms with Gasteiger partial charge in [0.15, 0.2) is 5.76 Å². The third-order valence-corrected chi connectivity index (χ3v) is 3.41. The lowest BCUT2D eigenvalue weighted by atomic mass is 10.5. The van der Waals surface area contributed by atoms with Crippen LogP contribution >= 0.6 is 35.0 Å². The van der Waals surface area contributed by atoms with E-state index >= 15 is 0 Å². The molecule has 0 saturated carbocycles. The Labute approximate surface area is 112 Å². The van der Waals surface area contributed by atoms with Gasteiger partial charge in [-0.25, -0.2) is 0 Å². The van der Waals surface area contributed by atoms with Gasteiger partial charge in [0.25, 0.3) is 5.88 Å². The van der Waals surface area contributed by atoms with E-state index in [1.165, 1.54) is 0 Å². The SMILES string of the molecule is CS(=O)(=O)Oc1noc(CSCC(=O)Cl)c1Cl. The van der Waals surface area contributed by atoms with Crippen molar-refractivity contribution in [1.29, 1.82) is 0 Å². The van der Waals surface area contributed by atoms with E-state index in [-0.39, 0.29) is 28.2 Å². The second kappa shape index (κ2) is 5.94. The number of hydrogen-bond acceptors (Lipinski definition) is 7. The van der Waals surface area contributed by atoms with Crippen molar-refractivity contribution in [1.82, 2.24) is 5.16 Å². The summed E-state index contributed by atoms with van der Waals surface area (Å²) in [5, 5.41) is 2.82. The van der Waals surface area contributed by atoms with Crippen molar-refractivity contribution < 1.29 is 21.9 Å². The van der Waals surface area contributed by atoms with Gasteiger partial charge in [0.05, 0.1) is 17.8 Å². The van der Waals surface area contributed by atoms with Gasteiger partial charge >= 0.3 is 10.1 Å². The molecule has 0 saturated heterocycles. The molecule has 1 aromatic rings. The molecule has 0 amide bonds. The fourth-order valence-electron chi connectivity index (χ4n) is 0.805. The minimum Gasteiger partial charge on any atom is -0.357 e. The van der Waals surface area contributed by atoms with Crippen LogP contribution < -0.4 is 4.18 Å². The molecule has 1 aromatic heterocycles. The topological polar surface area (TPSA) is 86.5 Å². The van der Waals surface area contributed by atoms with Crippen LogP contribution in [0.2, 0.25) is 5.02 Å². The number of nitrogens with zero attached hydrogens (tertiary/aromatic N) is 1. The molecule has 0 bridgehead atoms. The molecule has 10 heteroatoms. The van der Waals surface area contributed by atoms with Crippen molar-refractivity contribution in [3.05, 3.63) is 10.8 Å². The Balaban J connectivity index is 2.67. The van der Waals surface area contributed by atoms with Gasteiger partial charge in [-0.15, -0.1) is 11.8 Å². The molecule has 0 aliphatic rings. The van der Waals surface area contributed by atoms with E-state index in [0.29, 0.717) is 0 Å². The number of carbonyl (C=O) groups excluding carboxylic acids is 1. The van der Waals surface area contributed by atoms with Crippen molar-refractivity contribution in [2.45, 2.75) is 5.75 Å². The lowest BCUT2D eigenvalue weighted by molar-refractivity contribution is -0.109. The fraction of sp³-hybridized carbons (Fsp3) is 0.429. The normalized spacial score (nSPS) is 11.5. The number of thioether (sulfide) groups is 1. The van der Waals surface area contributed by atoms with Crippen LogP contribution in [0.1, 0.15) is 5.76 Å². The Hall–Kier alpha value is -0.440. The highest BCUT2D eigenvalue weighted by atomic mass is 35.5. The molecule has 1 heterocycles. The summed E-state index contributed by atoms with van der Waals surface area (Å²) in [5.74, 6) is 0.216. The van der Waals surface area contributed by atoms with Crippen molar-refractivity contribution >= 4 is 50.3 Å². The second-order valence-corrected chi connectivity index (χ2v) is 6.22. The third-order valence-electron chi connectivity index (χ3n) is 1.35. The predicted molar refractivity (Wildman–Crippen MR) is 64.0 cm³/mol. The van der Waals surface area contributed by atoms with E-state index in [1.807, 2.05) is 0 Å². The van der Waals surface area contributed by atoms with Crippen molar-refractivity contribution in [3.63, 3.8) is 0 Å². The lowest BCUT2D eigenvalue weighted by Crippen LogP contribution is -2.06. The number of rotatable bonds is 6. The number of hydrogen-bond donors (Lipinski definition) is 0. The lowest BCUT2D eigenvalue weighted by Gasteiger charge is -1.97. The van der Waals surface area contributed by atoms with E-state index in [2.05, 4.69) is 9.34 Å². The second-order valence-electron chi connectivity index (χ2n) is 2.86. The molecule has 0 radical (unpaired) electrons. The zero-order valence-corrected chi connectivity index (χ0v) is 11.6. The van der Waals surface area contributed by atoms with Crippen LogP contribution in [0.5, 0.6) is 5.88 Å². The number of carbonyl (C=O) groups is 1. The first-order valence-corrected chi connectivity index (χ1v) is 7.82. The van der Waals surface area contributed by atoms with Gasteiger partial charge in [-0.3, -0.25) is 4.79 Å². The van der Waals surface area contributed by atoms with E-state index in [1.54, 1.807) is 0 Å². The Morgan fingerprint density at radius 2 is 2.24 bits per heavy atom. The average molecular weight is 320 g/mol. The van der Waals surface area contributed by atoms with Crippen LogP contribution in [-0.4, -0.2) is 30.8 Å². The molecule has 0 aliphatic heterocycles. The zero-order valence-electron chi connectivity index (χ0n) is 8.48. The summed E-state index contributed by atoms with van der Waals surface area (Å²) in [4.78, 5) is 10.5. The van der Waals surface area contributed by atoms with Crippen molar-refractivity contribution in [2.24, 2.45) is 0 Å². The molecular formula is C7H7Cl2NO5S2. The third kappa shape index (κ3) is 5.15. The monoisotopic (exact) mass is 319 g/mol. The van der Waals surface area contributed by atoms with Crippen molar-refractivity contribution in [3.8, 4) is 5.88 Å². The molecule has 6 nitrogen and oxygen atoms in total. The molecule has 0 spiro atoms. The Bertz CT molecular complexity index is 512. The van der Waals surface area contributed by atoms with E-state index < -0.39 is 15.4 Å². The molecule has 1 rings (SSSR count). The Kier molecular flexibility index (Phi) is 5.11. The summed E-state index contributed by atoms with van der Waals surface area (Å²) in [6.45, 7) is 0. The van der Waals surface area contributed by atoms with E-state index in [0.717, 1.165) is 18.0 Å². The fourth-order valence-corrected chi connectivity index (χ4v) is 2.38. The highest BCUT2D eigenvalue weighted by Gasteiger charge is 2.19. The first-order valence-electron chi connectivity index (χ1n) is 4.09. The number of aromatic nitrogens is 1. The zero-order chi connectivity index (χ0) is 13.1. The molecular weight excluding hydrogens is 313 g/mol. The van der Waals surface area contributed by atoms with Gasteiger partial charge in [0.1, 0.15) is 5.02 Å². The summed E-state index contributed by atoms with van der Waals surface area (Å²) in [6, 6.07) is 0. The molecule has 0 aliphatic carbocycles. The Morgan fingerprint density at radius 1 is 1.59 bits per heavy atom. The number of halogens is 2. The van der Waals surface area contributed by atoms with Gasteiger partial charge in [-0.05, 0) is 16.8 Å². The van der Waals surface area contributed by atoms with Gasteiger partial charge in [-0.2, -0.15) is 8.42 Å². The minimum atomic E-state index is -3.71. The summed E-state index contributed by atoms with van der Waals surface area (Å²) < 4.78 is 30.9. The van der Waals surface area contributed by atoms with Crippen LogP contribution in [0.3, 0.4) is 0 Å². The maximum Gasteiger partial charge on any atom is 0.307 e. The molecule has 0 N–H and O–H groups in total. The van der Waals surface area contributed by atoms with Crippen LogP contribution in [0, 0.1) is 0 Å². The first kappa shape index (κ1) is 14.6. The van der Waals surface area contributed by atoms with Gasteiger partial charge in [0.2, 0.25) is 5.24 Å². The quantitative estimate of drug-likeness (QED) is 0.582. The molecule has 0 atom stereocenters. The molecule has 17 heavy (non-hydrogen) atoms.